The van der Waals surface area contributed by atoms with E-state index in [2.05, 4.69) is 35.1 Å². The molecule has 0 bridgehead atoms. The van der Waals surface area contributed by atoms with E-state index in [1.54, 1.807) is 0 Å². The largest absolute Gasteiger partial charge is 0.310 e. The first-order chi connectivity index (χ1) is 6.88. The summed E-state index contributed by atoms with van der Waals surface area (Å²) in [5, 5.41) is 4.78. The van der Waals surface area contributed by atoms with Crippen LogP contribution in [0.25, 0.3) is 0 Å². The molecule has 2 rings (SSSR count). The Morgan fingerprint density at radius 3 is 2.79 bits per heavy atom. The summed E-state index contributed by atoms with van der Waals surface area (Å²) in [5.41, 5.74) is 0. The number of thioether (sulfide) groups is 2. The number of hydrogen-bond donors (Lipinski definition) is 1. The first-order valence-corrected chi connectivity index (χ1v) is 8.19. The average molecular weight is 231 g/mol. The molecule has 0 spiro atoms. The second-order valence-corrected chi connectivity index (χ2v) is 6.74. The van der Waals surface area contributed by atoms with Crippen molar-refractivity contribution < 1.29 is 0 Å². The molecule has 0 radical (unpaired) electrons. The van der Waals surface area contributed by atoms with Crippen LogP contribution in [0.5, 0.6) is 0 Å². The smallest absolute Gasteiger partial charge is 0.0161 e. The van der Waals surface area contributed by atoms with Crippen LogP contribution in [-0.4, -0.2) is 35.1 Å². The highest BCUT2D eigenvalue weighted by atomic mass is 32.2. The molecule has 2 fully saturated rings. The van der Waals surface area contributed by atoms with E-state index in [1.807, 2.05) is 0 Å². The Hall–Kier alpha value is 0.660. The third-order valence-electron chi connectivity index (χ3n) is 3.35. The van der Waals surface area contributed by atoms with Gasteiger partial charge in [0.2, 0.25) is 0 Å². The van der Waals surface area contributed by atoms with Crippen molar-refractivity contribution in [2.24, 2.45) is 0 Å². The Balaban J connectivity index is 1.69. The van der Waals surface area contributed by atoms with Gasteiger partial charge in [-0.15, -0.1) is 0 Å². The Morgan fingerprint density at radius 2 is 2.14 bits per heavy atom. The fourth-order valence-electron chi connectivity index (χ4n) is 2.51. The van der Waals surface area contributed by atoms with Crippen molar-refractivity contribution in [2.45, 2.75) is 49.4 Å². The van der Waals surface area contributed by atoms with Crippen LogP contribution in [0.3, 0.4) is 0 Å². The molecule has 1 aliphatic heterocycles. The maximum Gasteiger partial charge on any atom is 0.0161 e. The van der Waals surface area contributed by atoms with Gasteiger partial charge in [-0.2, -0.15) is 23.5 Å². The Morgan fingerprint density at radius 1 is 1.21 bits per heavy atom. The lowest BCUT2D eigenvalue weighted by atomic mass is 10.1. The topological polar surface area (TPSA) is 12.0 Å². The lowest BCUT2D eigenvalue weighted by Crippen LogP contribution is -2.40. The minimum absolute atomic E-state index is 0.819. The highest BCUT2D eigenvalue weighted by Crippen LogP contribution is 2.29. The van der Waals surface area contributed by atoms with E-state index in [0.29, 0.717) is 0 Å². The van der Waals surface area contributed by atoms with Gasteiger partial charge in [-0.3, -0.25) is 0 Å². The molecule has 1 saturated carbocycles. The summed E-state index contributed by atoms with van der Waals surface area (Å²) >= 11 is 4.18. The monoisotopic (exact) mass is 231 g/mol. The first kappa shape index (κ1) is 11.2. The van der Waals surface area contributed by atoms with Crippen molar-refractivity contribution in [1.82, 2.24) is 5.32 Å². The van der Waals surface area contributed by atoms with Crippen molar-refractivity contribution in [3.05, 3.63) is 0 Å². The van der Waals surface area contributed by atoms with E-state index < -0.39 is 0 Å². The van der Waals surface area contributed by atoms with Crippen LogP contribution in [0, 0.1) is 0 Å². The van der Waals surface area contributed by atoms with E-state index in [0.717, 1.165) is 17.3 Å². The maximum atomic E-state index is 3.85. The maximum absolute atomic E-state index is 3.85. The van der Waals surface area contributed by atoms with Gasteiger partial charge in [0.15, 0.2) is 0 Å². The standard InChI is InChI=1S/C11H21NS2/c1-13-11-5-4-9(7-11)12-10-3-2-6-14-8-10/h9-12H,2-8H2,1H3. The molecule has 1 nitrogen and oxygen atoms in total. The number of rotatable bonds is 3. The molecular formula is C11H21NS2. The second kappa shape index (κ2) is 5.66. The number of nitrogens with one attached hydrogen (secondary N) is 1. The molecule has 0 aromatic heterocycles. The zero-order valence-corrected chi connectivity index (χ0v) is 10.6. The fraction of sp³-hybridized carbons (Fsp3) is 1.00. The molecule has 82 valence electrons. The van der Waals surface area contributed by atoms with Crippen LogP contribution in [0.15, 0.2) is 0 Å². The molecule has 0 aromatic rings. The van der Waals surface area contributed by atoms with E-state index in [-0.39, 0.29) is 0 Å². The highest BCUT2D eigenvalue weighted by Gasteiger charge is 2.26. The molecule has 1 saturated heterocycles. The van der Waals surface area contributed by atoms with Crippen molar-refractivity contribution in [3.63, 3.8) is 0 Å². The summed E-state index contributed by atoms with van der Waals surface area (Å²) < 4.78 is 0. The molecular weight excluding hydrogens is 210 g/mol. The molecule has 2 aliphatic rings. The van der Waals surface area contributed by atoms with Gasteiger partial charge in [-0.1, -0.05) is 0 Å². The van der Waals surface area contributed by atoms with Gasteiger partial charge in [0, 0.05) is 23.1 Å². The van der Waals surface area contributed by atoms with Crippen molar-refractivity contribution in [1.29, 1.82) is 0 Å². The quantitative estimate of drug-likeness (QED) is 0.802. The average Bonchev–Trinajstić information content (AvgIpc) is 2.67. The van der Waals surface area contributed by atoms with Crippen LogP contribution in [-0.2, 0) is 0 Å². The van der Waals surface area contributed by atoms with E-state index in [9.17, 15) is 0 Å². The van der Waals surface area contributed by atoms with Crippen molar-refractivity contribution >= 4 is 23.5 Å². The Labute approximate surface area is 96.2 Å². The summed E-state index contributed by atoms with van der Waals surface area (Å²) in [6, 6.07) is 1.65. The van der Waals surface area contributed by atoms with Crippen molar-refractivity contribution in [2.75, 3.05) is 17.8 Å². The number of hydrogen-bond acceptors (Lipinski definition) is 3. The van der Waals surface area contributed by atoms with Gasteiger partial charge < -0.3 is 5.32 Å². The third-order valence-corrected chi connectivity index (χ3v) is 5.66. The minimum atomic E-state index is 0.819. The summed E-state index contributed by atoms with van der Waals surface area (Å²) in [6.07, 6.45) is 9.33. The van der Waals surface area contributed by atoms with Crippen LogP contribution < -0.4 is 5.32 Å². The van der Waals surface area contributed by atoms with E-state index in [4.69, 9.17) is 0 Å². The van der Waals surface area contributed by atoms with Gasteiger partial charge >= 0.3 is 0 Å². The lowest BCUT2D eigenvalue weighted by Gasteiger charge is -2.26. The summed E-state index contributed by atoms with van der Waals surface area (Å²) in [7, 11) is 0. The van der Waals surface area contributed by atoms with Crippen LogP contribution in [0.1, 0.15) is 32.1 Å². The van der Waals surface area contributed by atoms with Crippen molar-refractivity contribution in [3.8, 4) is 0 Å². The van der Waals surface area contributed by atoms with Crippen LogP contribution in [0.2, 0.25) is 0 Å². The molecule has 1 aliphatic carbocycles. The van der Waals surface area contributed by atoms with Crippen LogP contribution >= 0.6 is 23.5 Å². The molecule has 1 heterocycles. The predicted octanol–water partition coefficient (Wildman–Crippen LogP) is 2.76. The Kier molecular flexibility index (Phi) is 4.51. The van der Waals surface area contributed by atoms with Gasteiger partial charge in [-0.05, 0) is 44.1 Å². The molecule has 3 heteroatoms. The Bertz CT molecular complexity index is 169. The summed E-state index contributed by atoms with van der Waals surface area (Å²) in [5.74, 6) is 2.73. The summed E-state index contributed by atoms with van der Waals surface area (Å²) in [6.45, 7) is 0. The van der Waals surface area contributed by atoms with Gasteiger partial charge in [0.05, 0.1) is 0 Å². The SMILES string of the molecule is CSC1CCC(NC2CCCSC2)C1. The molecule has 1 N–H and O–H groups in total. The molecule has 3 atom stereocenters. The summed E-state index contributed by atoms with van der Waals surface area (Å²) in [4.78, 5) is 0. The molecule has 0 amide bonds. The van der Waals surface area contributed by atoms with Gasteiger partial charge in [-0.25, -0.2) is 0 Å². The third kappa shape index (κ3) is 3.07. The van der Waals surface area contributed by atoms with Gasteiger partial charge in [0.1, 0.15) is 0 Å². The predicted molar refractivity (Wildman–Crippen MR) is 68.4 cm³/mol. The lowest BCUT2D eigenvalue weighted by molar-refractivity contribution is 0.429. The minimum Gasteiger partial charge on any atom is -0.310 e. The molecule has 0 aromatic carbocycles. The zero-order valence-electron chi connectivity index (χ0n) is 9.00. The van der Waals surface area contributed by atoms with Crippen LogP contribution in [0.4, 0.5) is 0 Å². The van der Waals surface area contributed by atoms with Gasteiger partial charge in [0.25, 0.3) is 0 Å². The highest BCUT2D eigenvalue weighted by molar-refractivity contribution is 7.99. The van der Waals surface area contributed by atoms with E-state index in [1.165, 1.54) is 43.6 Å². The molecule has 3 unspecified atom stereocenters. The normalized spacial score (nSPS) is 38.8. The zero-order chi connectivity index (χ0) is 9.80. The van der Waals surface area contributed by atoms with E-state index >= 15 is 0 Å². The molecule has 14 heavy (non-hydrogen) atoms. The first-order valence-electron chi connectivity index (χ1n) is 5.75. The fourth-order valence-corrected chi connectivity index (χ4v) is 4.39. The second-order valence-electron chi connectivity index (χ2n) is 4.45.